The monoisotopic (exact) mass is 529 g/mol. The molecule has 1 atom stereocenters. The van der Waals surface area contributed by atoms with Crippen LogP contribution in [0.1, 0.15) is 60.0 Å². The number of carbonyl (C=O) groups is 2. The van der Waals surface area contributed by atoms with Gasteiger partial charge in [0.15, 0.2) is 11.4 Å². The number of benzene rings is 2. The fourth-order valence-corrected chi connectivity index (χ4v) is 5.18. The normalized spacial score (nSPS) is 14.8. The number of hydrogen-bond acceptors (Lipinski definition) is 7. The van der Waals surface area contributed by atoms with Gasteiger partial charge in [0.2, 0.25) is 5.89 Å². The Kier molecular flexibility index (Phi) is 8.73. The number of Topliss-reactive ketones (excluding diaryl/α,β-unsaturated/α-hetero) is 1. The molecule has 2 heterocycles. The molecule has 1 aliphatic carbocycles. The van der Waals surface area contributed by atoms with Crippen LogP contribution in [0.3, 0.4) is 0 Å². The van der Waals surface area contributed by atoms with Crippen molar-refractivity contribution >= 4 is 22.9 Å². The first kappa shape index (κ1) is 26.7. The number of ketones is 1. The first-order chi connectivity index (χ1) is 19.1. The number of aromatic nitrogens is 2. The Labute approximate surface area is 228 Å². The zero-order chi connectivity index (χ0) is 27.0. The molecule has 1 saturated carbocycles. The minimum Gasteiger partial charge on any atom is -0.492 e. The second-order valence-electron chi connectivity index (χ2n) is 10.0. The molecular weight excluding hydrogens is 494 g/mol. The second kappa shape index (κ2) is 12.8. The zero-order valence-corrected chi connectivity index (χ0v) is 22.3. The zero-order valence-electron chi connectivity index (χ0n) is 22.3. The molecule has 4 aromatic rings. The van der Waals surface area contributed by atoms with Crippen LogP contribution in [-0.2, 0) is 22.5 Å². The lowest BCUT2D eigenvalue weighted by atomic mass is 9.84. The lowest BCUT2D eigenvalue weighted by Gasteiger charge is -2.20. The number of fused-ring (bicyclic) bond motifs is 1. The van der Waals surface area contributed by atoms with E-state index in [2.05, 4.69) is 10.3 Å². The summed E-state index contributed by atoms with van der Waals surface area (Å²) in [5.74, 6) is 1.33. The second-order valence-corrected chi connectivity index (χ2v) is 10.0. The molecule has 2 aromatic heterocycles. The van der Waals surface area contributed by atoms with E-state index >= 15 is 0 Å². The highest BCUT2D eigenvalue weighted by atomic mass is 16.5. The average Bonchev–Trinajstić information content (AvgIpc) is 3.63. The van der Waals surface area contributed by atoms with Crippen LogP contribution in [0.5, 0.6) is 5.75 Å². The van der Waals surface area contributed by atoms with Crippen molar-refractivity contribution in [3.05, 3.63) is 84.0 Å². The number of para-hydroxylation sites is 2. The summed E-state index contributed by atoms with van der Waals surface area (Å²) in [6.45, 7) is 1.66. The molecule has 0 unspecified atom stereocenters. The minimum absolute atomic E-state index is 0.0934. The van der Waals surface area contributed by atoms with Crippen molar-refractivity contribution in [1.82, 2.24) is 14.9 Å². The van der Waals surface area contributed by atoms with Gasteiger partial charge in [0.25, 0.3) is 0 Å². The van der Waals surface area contributed by atoms with Crippen molar-refractivity contribution in [2.45, 2.75) is 51.1 Å². The molecule has 204 valence electrons. The molecule has 2 aromatic carbocycles. The van der Waals surface area contributed by atoms with Crippen molar-refractivity contribution in [2.75, 3.05) is 20.3 Å². The Morgan fingerprint density at radius 3 is 2.64 bits per heavy atom. The number of oxazole rings is 1. The van der Waals surface area contributed by atoms with E-state index in [4.69, 9.17) is 13.9 Å². The molecule has 0 spiro atoms. The van der Waals surface area contributed by atoms with E-state index in [1.54, 1.807) is 10.8 Å². The van der Waals surface area contributed by atoms with E-state index in [0.29, 0.717) is 37.6 Å². The average molecular weight is 530 g/mol. The van der Waals surface area contributed by atoms with Gasteiger partial charge in [-0.3, -0.25) is 4.79 Å². The van der Waals surface area contributed by atoms with E-state index in [-0.39, 0.29) is 17.7 Å². The van der Waals surface area contributed by atoms with Crippen LogP contribution in [-0.4, -0.2) is 41.6 Å². The number of hydrogen-bond donors (Lipinski definition) is 1. The molecule has 0 bridgehead atoms. The van der Waals surface area contributed by atoms with Crippen molar-refractivity contribution in [1.29, 1.82) is 0 Å². The topological polar surface area (TPSA) is 95.6 Å². The third-order valence-electron chi connectivity index (χ3n) is 7.32. The van der Waals surface area contributed by atoms with Gasteiger partial charge in [0.05, 0.1) is 13.7 Å². The molecule has 39 heavy (non-hydrogen) atoms. The van der Waals surface area contributed by atoms with Crippen LogP contribution in [0.4, 0.5) is 0 Å². The highest BCUT2D eigenvalue weighted by Crippen LogP contribution is 2.28. The summed E-state index contributed by atoms with van der Waals surface area (Å²) < 4.78 is 18.5. The molecular formula is C31H35N3O5. The molecule has 1 aliphatic rings. The standard InChI is InChI=1S/C31H35N3O5/c1-37-31(36)27(34-17-15-24(21-34)30(35)23-7-3-2-4-8-23)19-22-11-13-25(14-12-22)38-18-16-32-20-29-33-26-9-5-6-10-28(26)39-29/h5-6,9-15,17,21,23,27,32H,2-4,7-8,16,18-20H2,1H3/t27-/m0/s1. The lowest BCUT2D eigenvalue weighted by Crippen LogP contribution is -2.22. The number of methoxy groups -OCH3 is 1. The van der Waals surface area contributed by atoms with Crippen LogP contribution in [0.25, 0.3) is 11.1 Å². The summed E-state index contributed by atoms with van der Waals surface area (Å²) in [5, 5.41) is 3.28. The molecule has 0 radical (unpaired) electrons. The van der Waals surface area contributed by atoms with Crippen molar-refractivity contribution in [3.63, 3.8) is 0 Å². The van der Waals surface area contributed by atoms with Crippen molar-refractivity contribution in [3.8, 4) is 5.75 Å². The van der Waals surface area contributed by atoms with Gasteiger partial charge in [-0.2, -0.15) is 0 Å². The maximum atomic E-state index is 13.0. The third kappa shape index (κ3) is 6.75. The number of esters is 1. The molecule has 5 rings (SSSR count). The highest BCUT2D eigenvalue weighted by molar-refractivity contribution is 5.97. The third-order valence-corrected chi connectivity index (χ3v) is 7.32. The minimum atomic E-state index is -0.550. The summed E-state index contributed by atoms with van der Waals surface area (Å²) >= 11 is 0. The first-order valence-corrected chi connectivity index (χ1v) is 13.7. The highest BCUT2D eigenvalue weighted by Gasteiger charge is 2.26. The van der Waals surface area contributed by atoms with Gasteiger partial charge in [-0.15, -0.1) is 0 Å². The number of nitrogens with one attached hydrogen (secondary N) is 1. The number of nitrogens with zero attached hydrogens (tertiary/aromatic N) is 2. The fourth-order valence-electron chi connectivity index (χ4n) is 5.18. The summed E-state index contributed by atoms with van der Waals surface area (Å²) in [7, 11) is 1.39. The first-order valence-electron chi connectivity index (χ1n) is 13.7. The maximum Gasteiger partial charge on any atom is 0.329 e. The molecule has 0 amide bonds. The Morgan fingerprint density at radius 1 is 1.08 bits per heavy atom. The van der Waals surface area contributed by atoms with E-state index in [1.165, 1.54) is 13.5 Å². The Morgan fingerprint density at radius 2 is 1.87 bits per heavy atom. The van der Waals surface area contributed by atoms with Crippen LogP contribution in [0, 0.1) is 5.92 Å². The molecule has 8 heteroatoms. The molecule has 1 N–H and O–H groups in total. The van der Waals surface area contributed by atoms with Crippen LogP contribution < -0.4 is 10.1 Å². The van der Waals surface area contributed by atoms with Gasteiger partial charge >= 0.3 is 5.97 Å². The Bertz CT molecular complexity index is 1350. The Balaban J connectivity index is 1.12. The van der Waals surface area contributed by atoms with Crippen LogP contribution in [0.15, 0.2) is 71.4 Å². The van der Waals surface area contributed by atoms with Crippen molar-refractivity contribution < 1.29 is 23.5 Å². The maximum absolute atomic E-state index is 13.0. The largest absolute Gasteiger partial charge is 0.492 e. The molecule has 1 fully saturated rings. The van der Waals surface area contributed by atoms with E-state index in [9.17, 15) is 9.59 Å². The Hall–Kier alpha value is -3.91. The predicted molar refractivity (Wildman–Crippen MR) is 148 cm³/mol. The fraction of sp³-hybridized carbons (Fsp3) is 0.387. The predicted octanol–water partition coefficient (Wildman–Crippen LogP) is 5.52. The quantitative estimate of drug-likeness (QED) is 0.147. The van der Waals surface area contributed by atoms with Gasteiger partial charge in [0.1, 0.15) is 23.9 Å². The van der Waals surface area contributed by atoms with Gasteiger partial charge in [-0.25, -0.2) is 9.78 Å². The number of carbonyl (C=O) groups excluding carboxylic acids is 2. The summed E-state index contributed by atoms with van der Waals surface area (Å²) in [5.41, 5.74) is 3.28. The summed E-state index contributed by atoms with van der Waals surface area (Å²) in [6.07, 6.45) is 9.38. The summed E-state index contributed by atoms with van der Waals surface area (Å²) in [4.78, 5) is 30.1. The van der Waals surface area contributed by atoms with Crippen LogP contribution in [0.2, 0.25) is 0 Å². The van der Waals surface area contributed by atoms with Crippen molar-refractivity contribution in [2.24, 2.45) is 5.92 Å². The smallest absolute Gasteiger partial charge is 0.329 e. The van der Waals surface area contributed by atoms with Gasteiger partial charge in [-0.05, 0) is 48.7 Å². The molecule has 8 nitrogen and oxygen atoms in total. The SMILES string of the molecule is COC(=O)[C@H](Cc1ccc(OCCNCc2nc3ccccc3o2)cc1)n1ccc(C(=O)C2CCCCC2)c1. The van der Waals surface area contributed by atoms with Gasteiger partial charge in [0, 0.05) is 36.8 Å². The van der Waals surface area contributed by atoms with E-state index < -0.39 is 6.04 Å². The van der Waals surface area contributed by atoms with Crippen LogP contribution >= 0.6 is 0 Å². The van der Waals surface area contributed by atoms with E-state index in [0.717, 1.165) is 48.1 Å². The number of rotatable bonds is 12. The number of ether oxygens (including phenoxy) is 2. The molecule has 0 aliphatic heterocycles. The lowest BCUT2D eigenvalue weighted by molar-refractivity contribution is -0.144. The van der Waals surface area contributed by atoms with Gasteiger partial charge < -0.3 is 23.8 Å². The molecule has 0 saturated heterocycles. The van der Waals surface area contributed by atoms with Gasteiger partial charge in [-0.1, -0.05) is 43.5 Å². The summed E-state index contributed by atoms with van der Waals surface area (Å²) in [6, 6.07) is 16.7. The van der Waals surface area contributed by atoms with E-state index in [1.807, 2.05) is 60.8 Å².